The fourth-order valence-electron chi connectivity index (χ4n) is 2.04. The predicted octanol–water partition coefficient (Wildman–Crippen LogP) is -0.526. The van der Waals surface area contributed by atoms with Crippen LogP contribution in [-0.4, -0.2) is 54.9 Å². The number of nitrogens with zero attached hydrogens (tertiary/aromatic N) is 1. The molecule has 6 nitrogen and oxygen atoms in total. The highest BCUT2D eigenvalue weighted by Crippen LogP contribution is 2.13. The predicted molar refractivity (Wildman–Crippen MR) is 66.2 cm³/mol. The van der Waals surface area contributed by atoms with E-state index < -0.39 is 6.04 Å². The number of hydrogen-bond acceptors (Lipinski definition) is 5. The van der Waals surface area contributed by atoms with E-state index in [0.29, 0.717) is 6.54 Å². The van der Waals surface area contributed by atoms with Crippen molar-refractivity contribution in [1.82, 2.24) is 10.3 Å². The number of aliphatic hydroxyl groups excluding tert-OH is 1. The standard InChI is InChI=1S/C11H25N3O3/c1-4-9(5-2)14(6-7-15)10(8-17-3)11(16)13-12/h9-10,15H,4-8,12H2,1-3H3,(H,13,16). The maximum atomic E-state index is 11.7. The Kier molecular flexibility index (Phi) is 8.97. The number of amides is 1. The minimum atomic E-state index is -0.456. The number of carbonyl (C=O) groups is 1. The van der Waals surface area contributed by atoms with Crippen molar-refractivity contribution in [1.29, 1.82) is 0 Å². The van der Waals surface area contributed by atoms with Gasteiger partial charge in [0.15, 0.2) is 0 Å². The number of nitrogens with one attached hydrogen (secondary N) is 1. The van der Waals surface area contributed by atoms with E-state index in [1.807, 2.05) is 4.90 Å². The van der Waals surface area contributed by atoms with Crippen molar-refractivity contribution in [3.05, 3.63) is 0 Å². The lowest BCUT2D eigenvalue weighted by Crippen LogP contribution is -2.55. The lowest BCUT2D eigenvalue weighted by molar-refractivity contribution is -0.130. The molecule has 17 heavy (non-hydrogen) atoms. The molecule has 0 aromatic heterocycles. The van der Waals surface area contributed by atoms with Crippen molar-refractivity contribution in [2.45, 2.75) is 38.8 Å². The van der Waals surface area contributed by atoms with Crippen molar-refractivity contribution < 1.29 is 14.6 Å². The maximum absolute atomic E-state index is 11.7. The van der Waals surface area contributed by atoms with Crippen LogP contribution in [0.3, 0.4) is 0 Å². The monoisotopic (exact) mass is 247 g/mol. The zero-order valence-corrected chi connectivity index (χ0v) is 11.0. The first kappa shape index (κ1) is 16.3. The Morgan fingerprint density at radius 1 is 1.47 bits per heavy atom. The molecule has 0 aromatic carbocycles. The van der Waals surface area contributed by atoms with Gasteiger partial charge in [0.2, 0.25) is 0 Å². The van der Waals surface area contributed by atoms with Crippen LogP contribution in [0, 0.1) is 0 Å². The van der Waals surface area contributed by atoms with Gasteiger partial charge in [-0.3, -0.25) is 15.1 Å². The van der Waals surface area contributed by atoms with E-state index in [4.69, 9.17) is 15.7 Å². The molecule has 6 heteroatoms. The Labute approximate surface area is 103 Å². The molecule has 0 heterocycles. The van der Waals surface area contributed by atoms with Crippen molar-refractivity contribution in [3.63, 3.8) is 0 Å². The Bertz CT molecular complexity index is 210. The van der Waals surface area contributed by atoms with Gasteiger partial charge < -0.3 is 9.84 Å². The molecule has 0 aliphatic heterocycles. The van der Waals surface area contributed by atoms with Crippen LogP contribution in [0.1, 0.15) is 26.7 Å². The van der Waals surface area contributed by atoms with Gasteiger partial charge >= 0.3 is 0 Å². The summed E-state index contributed by atoms with van der Waals surface area (Å²) in [5.41, 5.74) is 2.15. The number of carbonyl (C=O) groups excluding carboxylic acids is 1. The first-order chi connectivity index (χ1) is 8.15. The third-order valence-electron chi connectivity index (χ3n) is 2.94. The van der Waals surface area contributed by atoms with E-state index in [9.17, 15) is 4.79 Å². The molecule has 1 amide bonds. The van der Waals surface area contributed by atoms with Crippen molar-refractivity contribution >= 4 is 5.91 Å². The van der Waals surface area contributed by atoms with E-state index in [2.05, 4.69) is 19.3 Å². The second kappa shape index (κ2) is 9.35. The molecule has 0 saturated carbocycles. The summed E-state index contributed by atoms with van der Waals surface area (Å²) in [4.78, 5) is 13.7. The molecule has 0 radical (unpaired) electrons. The van der Waals surface area contributed by atoms with Gasteiger partial charge in [-0.1, -0.05) is 13.8 Å². The fraction of sp³-hybridized carbons (Fsp3) is 0.909. The molecule has 0 aliphatic carbocycles. The Balaban J connectivity index is 4.85. The molecule has 0 spiro atoms. The maximum Gasteiger partial charge on any atom is 0.253 e. The SMILES string of the molecule is CCC(CC)N(CCO)C(COC)C(=O)NN. The van der Waals surface area contributed by atoms with Gasteiger partial charge in [-0.2, -0.15) is 0 Å². The smallest absolute Gasteiger partial charge is 0.253 e. The summed E-state index contributed by atoms with van der Waals surface area (Å²) >= 11 is 0. The second-order valence-electron chi connectivity index (χ2n) is 3.91. The Hall–Kier alpha value is -0.690. The van der Waals surface area contributed by atoms with Crippen LogP contribution >= 0.6 is 0 Å². The van der Waals surface area contributed by atoms with Crippen LogP contribution in [0.5, 0.6) is 0 Å². The molecule has 0 aromatic rings. The second-order valence-corrected chi connectivity index (χ2v) is 3.91. The summed E-state index contributed by atoms with van der Waals surface area (Å²) in [7, 11) is 1.54. The number of nitrogens with two attached hydrogens (primary N) is 1. The third-order valence-corrected chi connectivity index (χ3v) is 2.94. The van der Waals surface area contributed by atoms with E-state index >= 15 is 0 Å². The van der Waals surface area contributed by atoms with Crippen LogP contribution in [0.15, 0.2) is 0 Å². The van der Waals surface area contributed by atoms with E-state index in [1.54, 1.807) is 7.11 Å². The summed E-state index contributed by atoms with van der Waals surface area (Å²) < 4.78 is 5.05. The highest BCUT2D eigenvalue weighted by atomic mass is 16.5. The minimum absolute atomic E-state index is 0.00850. The van der Waals surface area contributed by atoms with Crippen molar-refractivity contribution in [2.24, 2.45) is 5.84 Å². The lowest BCUT2D eigenvalue weighted by Gasteiger charge is -2.35. The van der Waals surface area contributed by atoms with Crippen molar-refractivity contribution in [3.8, 4) is 0 Å². The first-order valence-corrected chi connectivity index (χ1v) is 6.02. The summed E-state index contributed by atoms with van der Waals surface area (Å²) in [6.45, 7) is 4.83. The summed E-state index contributed by atoms with van der Waals surface area (Å²) in [6.07, 6.45) is 1.82. The molecule has 0 bridgehead atoms. The summed E-state index contributed by atoms with van der Waals surface area (Å²) in [5, 5.41) is 9.10. The molecule has 4 N–H and O–H groups in total. The summed E-state index contributed by atoms with van der Waals surface area (Å²) in [5.74, 6) is 4.89. The van der Waals surface area contributed by atoms with Gasteiger partial charge in [0.25, 0.3) is 5.91 Å². The van der Waals surface area contributed by atoms with Crippen LogP contribution in [0.25, 0.3) is 0 Å². The van der Waals surface area contributed by atoms with Gasteiger partial charge in [-0.05, 0) is 12.8 Å². The number of hydrogen-bond donors (Lipinski definition) is 3. The van der Waals surface area contributed by atoms with Crippen molar-refractivity contribution in [2.75, 3.05) is 26.9 Å². The number of ether oxygens (including phenoxy) is 1. The molecule has 0 fully saturated rings. The van der Waals surface area contributed by atoms with Gasteiger partial charge in [0, 0.05) is 19.7 Å². The number of aliphatic hydroxyl groups is 1. The largest absolute Gasteiger partial charge is 0.395 e. The fourth-order valence-corrected chi connectivity index (χ4v) is 2.04. The number of rotatable bonds is 9. The average molecular weight is 247 g/mol. The molecular weight excluding hydrogens is 222 g/mol. The van der Waals surface area contributed by atoms with Gasteiger partial charge in [-0.15, -0.1) is 0 Å². The number of methoxy groups -OCH3 is 1. The lowest BCUT2D eigenvalue weighted by atomic mass is 10.1. The highest BCUT2D eigenvalue weighted by molar-refractivity contribution is 5.81. The molecule has 0 saturated heterocycles. The number of hydrazine groups is 1. The van der Waals surface area contributed by atoms with E-state index in [0.717, 1.165) is 12.8 Å². The van der Waals surface area contributed by atoms with Gasteiger partial charge in [-0.25, -0.2) is 5.84 Å². The van der Waals surface area contributed by atoms with Crippen LogP contribution < -0.4 is 11.3 Å². The first-order valence-electron chi connectivity index (χ1n) is 6.02. The zero-order valence-electron chi connectivity index (χ0n) is 11.0. The van der Waals surface area contributed by atoms with Crippen LogP contribution in [0.2, 0.25) is 0 Å². The van der Waals surface area contributed by atoms with Crippen LogP contribution in [-0.2, 0) is 9.53 Å². The average Bonchev–Trinajstić information content (AvgIpc) is 2.35. The minimum Gasteiger partial charge on any atom is -0.395 e. The summed E-state index contributed by atoms with van der Waals surface area (Å²) in [6, 6.07) is -0.221. The topological polar surface area (TPSA) is 87.8 Å². The van der Waals surface area contributed by atoms with Gasteiger partial charge in [0.1, 0.15) is 6.04 Å². The molecule has 0 rings (SSSR count). The third kappa shape index (κ3) is 4.99. The molecular formula is C11H25N3O3. The Morgan fingerprint density at radius 2 is 2.06 bits per heavy atom. The van der Waals surface area contributed by atoms with Gasteiger partial charge in [0.05, 0.1) is 13.2 Å². The molecule has 102 valence electrons. The normalized spacial score (nSPS) is 13.1. The molecule has 1 unspecified atom stereocenters. The molecule has 1 atom stereocenters. The molecule has 0 aliphatic rings. The quantitative estimate of drug-likeness (QED) is 0.290. The Morgan fingerprint density at radius 3 is 2.41 bits per heavy atom. The van der Waals surface area contributed by atoms with Crippen LogP contribution in [0.4, 0.5) is 0 Å². The highest BCUT2D eigenvalue weighted by Gasteiger charge is 2.29. The van der Waals surface area contributed by atoms with E-state index in [-0.39, 0.29) is 25.2 Å². The zero-order chi connectivity index (χ0) is 13.3. The van der Waals surface area contributed by atoms with E-state index in [1.165, 1.54) is 0 Å².